The summed E-state index contributed by atoms with van der Waals surface area (Å²) < 4.78 is 77.2. The number of benzene rings is 3. The Balaban J connectivity index is 1.73. The summed E-state index contributed by atoms with van der Waals surface area (Å²) in [7, 11) is -6.31. The third-order valence-electron chi connectivity index (χ3n) is 7.04. The fourth-order valence-corrected chi connectivity index (χ4v) is 7.05. The Morgan fingerprint density at radius 1 is 0.902 bits per heavy atom. The number of hydrogen-bond donors (Lipinski definition) is 1. The van der Waals surface area contributed by atoms with Crippen molar-refractivity contribution < 1.29 is 36.0 Å². The van der Waals surface area contributed by atoms with Gasteiger partial charge in [-0.05, 0) is 86.2 Å². The van der Waals surface area contributed by atoms with Crippen LogP contribution in [0.2, 0.25) is 0 Å². The van der Waals surface area contributed by atoms with Crippen LogP contribution in [0.15, 0.2) is 87.5 Å². The Morgan fingerprint density at radius 2 is 1.44 bits per heavy atom. The van der Waals surface area contributed by atoms with Crippen LogP contribution in [0.3, 0.4) is 0 Å². The van der Waals surface area contributed by atoms with Crippen molar-refractivity contribution in [2.45, 2.75) is 84.7 Å². The molecule has 1 aliphatic rings. The Kier molecular flexibility index (Phi) is 9.21. The van der Waals surface area contributed by atoms with Gasteiger partial charge in [0, 0.05) is 11.6 Å². The second kappa shape index (κ2) is 12.0. The first-order valence-corrected chi connectivity index (χ1v) is 16.1. The molecule has 1 saturated heterocycles. The molecule has 41 heavy (non-hydrogen) atoms. The van der Waals surface area contributed by atoms with Gasteiger partial charge in [0.2, 0.25) is 0 Å². The molecule has 10 heteroatoms. The molecule has 0 aromatic heterocycles. The van der Waals surface area contributed by atoms with Gasteiger partial charge in [-0.3, -0.25) is 4.55 Å². The van der Waals surface area contributed by atoms with Crippen molar-refractivity contribution in [1.82, 2.24) is 0 Å². The van der Waals surface area contributed by atoms with E-state index in [1.165, 1.54) is 11.6 Å². The van der Waals surface area contributed by atoms with Crippen LogP contribution >= 0.6 is 0 Å². The smallest absolute Gasteiger partial charge is 0.405 e. The molecule has 0 saturated carbocycles. The maximum atomic E-state index is 14.2. The zero-order valence-corrected chi connectivity index (χ0v) is 25.5. The van der Waals surface area contributed by atoms with E-state index in [1.54, 1.807) is 12.1 Å². The molecule has 0 bridgehead atoms. The van der Waals surface area contributed by atoms with E-state index in [2.05, 4.69) is 45.0 Å². The van der Waals surface area contributed by atoms with Gasteiger partial charge >= 0.3 is 15.4 Å². The molecule has 1 aliphatic heterocycles. The van der Waals surface area contributed by atoms with Gasteiger partial charge < -0.3 is 14.2 Å². The van der Waals surface area contributed by atoms with E-state index in [0.29, 0.717) is 13.2 Å². The third-order valence-corrected chi connectivity index (χ3v) is 10.3. The highest BCUT2D eigenvalue weighted by atomic mass is 32.2. The molecule has 1 N–H and O–H groups in total. The van der Waals surface area contributed by atoms with Crippen LogP contribution in [0, 0.1) is 0 Å². The van der Waals surface area contributed by atoms with Gasteiger partial charge in [-0.25, -0.2) is 0 Å². The second-order valence-corrected chi connectivity index (χ2v) is 14.7. The van der Waals surface area contributed by atoms with Gasteiger partial charge in [-0.15, -0.1) is 0 Å². The molecular formula is C31H37F2O6S2+. The van der Waals surface area contributed by atoms with Gasteiger partial charge in [-0.1, -0.05) is 39.0 Å². The lowest BCUT2D eigenvalue weighted by Gasteiger charge is -2.28. The number of alkyl halides is 2. The summed E-state index contributed by atoms with van der Waals surface area (Å²) in [6.45, 7) is 10.5. The number of halogens is 2. The highest BCUT2D eigenvalue weighted by molar-refractivity contribution is 7.97. The van der Waals surface area contributed by atoms with Gasteiger partial charge in [0.25, 0.3) is 0 Å². The summed E-state index contributed by atoms with van der Waals surface area (Å²) in [6, 6.07) is 23.0. The highest BCUT2D eigenvalue weighted by Gasteiger charge is 2.51. The van der Waals surface area contributed by atoms with Crippen molar-refractivity contribution in [3.63, 3.8) is 0 Å². The third kappa shape index (κ3) is 7.11. The largest absolute Gasteiger partial charge is 0.483 e. The van der Waals surface area contributed by atoms with Crippen molar-refractivity contribution in [3.8, 4) is 5.75 Å². The minimum Gasteiger partial charge on any atom is -0.483 e. The second-order valence-electron chi connectivity index (χ2n) is 11.2. The highest BCUT2D eigenvalue weighted by Crippen LogP contribution is 2.37. The summed E-state index contributed by atoms with van der Waals surface area (Å²) in [5.74, 6) is -0.781. The summed E-state index contributed by atoms with van der Waals surface area (Å²) in [6.07, 6.45) is -0.232. The zero-order valence-electron chi connectivity index (χ0n) is 23.9. The molecular weight excluding hydrogens is 570 g/mol. The molecule has 6 nitrogen and oxygen atoms in total. The van der Waals surface area contributed by atoms with E-state index in [1.807, 2.05) is 37.3 Å². The molecule has 0 spiro atoms. The van der Waals surface area contributed by atoms with E-state index >= 15 is 0 Å². The molecule has 1 fully saturated rings. The van der Waals surface area contributed by atoms with E-state index in [0.717, 1.165) is 40.0 Å². The molecule has 0 radical (unpaired) electrons. The minimum atomic E-state index is -5.65. The summed E-state index contributed by atoms with van der Waals surface area (Å²) in [5, 5.41) is -4.47. The Labute approximate surface area is 244 Å². The van der Waals surface area contributed by atoms with Crippen LogP contribution in [-0.4, -0.2) is 37.5 Å². The van der Waals surface area contributed by atoms with Crippen molar-refractivity contribution in [2.24, 2.45) is 0 Å². The van der Waals surface area contributed by atoms with E-state index in [4.69, 9.17) is 18.8 Å². The van der Waals surface area contributed by atoms with Crippen LogP contribution in [0.1, 0.15) is 58.6 Å². The van der Waals surface area contributed by atoms with Crippen LogP contribution in [0.5, 0.6) is 5.75 Å². The first-order valence-electron chi connectivity index (χ1n) is 13.5. The normalized spacial score (nSPS) is 17.9. The molecule has 0 amide bonds. The van der Waals surface area contributed by atoms with Gasteiger partial charge in [-0.2, -0.15) is 17.2 Å². The summed E-state index contributed by atoms with van der Waals surface area (Å²) in [5.41, 5.74) is 2.04. The van der Waals surface area contributed by atoms with Gasteiger partial charge in [0.05, 0.1) is 24.1 Å². The molecule has 2 unspecified atom stereocenters. The lowest BCUT2D eigenvalue weighted by molar-refractivity contribution is -0.221. The van der Waals surface area contributed by atoms with Crippen LogP contribution < -0.4 is 4.74 Å². The van der Waals surface area contributed by atoms with Crippen molar-refractivity contribution in [3.05, 3.63) is 83.9 Å². The van der Waals surface area contributed by atoms with E-state index < -0.39 is 38.2 Å². The fourth-order valence-electron chi connectivity index (χ4n) is 4.50. The lowest BCUT2D eigenvalue weighted by atomic mass is 9.87. The average molecular weight is 608 g/mol. The predicted octanol–water partition coefficient (Wildman–Crippen LogP) is 7.33. The maximum Gasteiger partial charge on any atom is 0.405 e. The Hall–Kier alpha value is -2.50. The SMILES string of the molecule is CC(Oc1cccc([S+](c2ccc(C(C)(C)C)cc2)c2ccc(C3(C)OCCCCO3)cc2)c1)C(F)(F)S(=O)(=O)O. The van der Waals surface area contributed by atoms with Crippen molar-refractivity contribution >= 4 is 21.0 Å². The Bertz CT molecular complexity index is 1430. The molecule has 3 aromatic carbocycles. The van der Waals surface area contributed by atoms with Crippen LogP contribution in [0.4, 0.5) is 8.78 Å². The summed E-state index contributed by atoms with van der Waals surface area (Å²) in [4.78, 5) is 2.77. The van der Waals surface area contributed by atoms with Crippen molar-refractivity contribution in [2.75, 3.05) is 13.2 Å². The van der Waals surface area contributed by atoms with Crippen LogP contribution in [0.25, 0.3) is 0 Å². The van der Waals surface area contributed by atoms with Gasteiger partial charge in [0.15, 0.2) is 26.6 Å². The average Bonchev–Trinajstić information content (AvgIpc) is 3.14. The Morgan fingerprint density at radius 3 is 1.95 bits per heavy atom. The minimum absolute atomic E-state index is 0.0326. The topological polar surface area (TPSA) is 82.1 Å². The van der Waals surface area contributed by atoms with Gasteiger partial charge in [0.1, 0.15) is 5.75 Å². The standard InChI is InChI=1S/C31H36F2O6S2/c1-22(31(32,33)41(34,35)36)39-25-9-8-10-28(21-25)40(26-15-11-23(12-16-26)29(2,3)4)27-17-13-24(14-18-27)30(5)37-19-6-7-20-38-30/h8-18,21-22H,6-7,19-20H2,1-5H3/p+1. The first kappa shape index (κ1) is 31.4. The molecule has 1 heterocycles. The lowest BCUT2D eigenvalue weighted by Crippen LogP contribution is -2.42. The molecule has 0 aliphatic carbocycles. The molecule has 3 aromatic rings. The molecule has 222 valence electrons. The van der Waals surface area contributed by atoms with Crippen molar-refractivity contribution in [1.29, 1.82) is 0 Å². The monoisotopic (exact) mass is 607 g/mol. The van der Waals surface area contributed by atoms with Crippen LogP contribution in [-0.2, 0) is 41.7 Å². The molecule has 4 rings (SSSR count). The zero-order chi connectivity index (χ0) is 30.1. The number of rotatable bonds is 8. The number of ether oxygens (including phenoxy) is 3. The predicted molar refractivity (Wildman–Crippen MR) is 155 cm³/mol. The van der Waals surface area contributed by atoms with E-state index in [9.17, 15) is 17.2 Å². The number of hydrogen-bond acceptors (Lipinski definition) is 5. The first-order chi connectivity index (χ1) is 19.1. The summed E-state index contributed by atoms with van der Waals surface area (Å²) >= 11 is 0. The van der Waals surface area contributed by atoms with E-state index in [-0.39, 0.29) is 11.2 Å². The molecule has 2 atom stereocenters. The quantitative estimate of drug-likeness (QED) is 0.213. The fraction of sp³-hybridized carbons (Fsp3) is 0.419. The maximum absolute atomic E-state index is 14.2.